The normalized spacial score (nSPS) is 14.9. The number of pyridine rings is 1. The van der Waals surface area contributed by atoms with E-state index in [2.05, 4.69) is 4.98 Å². The molecule has 0 N–H and O–H groups in total. The molecule has 1 aromatic heterocycles. The van der Waals surface area contributed by atoms with Gasteiger partial charge in [-0.1, -0.05) is 18.2 Å². The molecule has 0 aliphatic heterocycles. The third-order valence-corrected chi connectivity index (χ3v) is 5.70. The van der Waals surface area contributed by atoms with Crippen molar-refractivity contribution in [3.05, 3.63) is 59.6 Å². The lowest BCUT2D eigenvalue weighted by molar-refractivity contribution is -0.141. The smallest absolute Gasteiger partial charge is 0.434 e. The van der Waals surface area contributed by atoms with Crippen LogP contribution in [0, 0.1) is 0 Å². The maximum absolute atomic E-state index is 13.9. The Morgan fingerprint density at radius 2 is 1.77 bits per heavy atom. The van der Waals surface area contributed by atoms with Crippen LogP contribution >= 0.6 is 0 Å². The second-order valence-electron chi connectivity index (χ2n) is 6.76. The summed E-state index contributed by atoms with van der Waals surface area (Å²) in [6.07, 6.45) is -1.20. The van der Waals surface area contributed by atoms with Crippen molar-refractivity contribution in [2.75, 3.05) is 12.9 Å². The van der Waals surface area contributed by atoms with Crippen molar-refractivity contribution in [2.24, 2.45) is 0 Å². The predicted molar refractivity (Wildman–Crippen MR) is 105 cm³/mol. The Morgan fingerprint density at radius 1 is 1.10 bits per heavy atom. The van der Waals surface area contributed by atoms with Crippen molar-refractivity contribution in [3.8, 4) is 17.0 Å². The molecule has 0 atom stereocenters. The standard InChI is InChI=1S/C21H19F4NO3S/c1-3-29-18-12-17(13-6-10-16(11-7-13)30(2,27)28)19(20(26-18)21(23,24)25)14-4-8-15(22)9-5-14/h4,6-8,10-12H,3,5,9H2,1-2H3. The van der Waals surface area contributed by atoms with Crippen LogP contribution in [0.15, 0.2) is 53.2 Å². The lowest BCUT2D eigenvalue weighted by Crippen LogP contribution is -2.15. The average molecular weight is 441 g/mol. The van der Waals surface area contributed by atoms with Crippen molar-refractivity contribution in [3.63, 3.8) is 0 Å². The molecule has 0 saturated heterocycles. The van der Waals surface area contributed by atoms with Gasteiger partial charge in [-0.2, -0.15) is 13.2 Å². The van der Waals surface area contributed by atoms with E-state index >= 15 is 0 Å². The predicted octanol–water partition coefficient (Wildman–Crippen LogP) is 5.60. The maximum atomic E-state index is 13.9. The third-order valence-electron chi connectivity index (χ3n) is 4.57. The number of sulfone groups is 1. The molecular weight excluding hydrogens is 422 g/mol. The van der Waals surface area contributed by atoms with Crippen LogP contribution in [0.1, 0.15) is 31.0 Å². The second-order valence-corrected chi connectivity index (χ2v) is 8.78. The van der Waals surface area contributed by atoms with Crippen LogP contribution in [0.2, 0.25) is 0 Å². The molecule has 4 nitrogen and oxygen atoms in total. The summed E-state index contributed by atoms with van der Waals surface area (Å²) in [6.45, 7) is 1.74. The highest BCUT2D eigenvalue weighted by Gasteiger charge is 2.38. The van der Waals surface area contributed by atoms with Gasteiger partial charge in [0.05, 0.1) is 11.5 Å². The van der Waals surface area contributed by atoms with E-state index in [1.807, 2.05) is 0 Å². The molecule has 1 aromatic carbocycles. The number of benzene rings is 1. The SMILES string of the molecule is CCOc1cc(-c2ccc(S(C)(=O)=O)cc2)c(C2=CC=C(F)CC2)c(C(F)(F)F)n1. The highest BCUT2D eigenvalue weighted by atomic mass is 32.2. The Bertz CT molecular complexity index is 1120. The van der Waals surface area contributed by atoms with E-state index in [9.17, 15) is 26.0 Å². The van der Waals surface area contributed by atoms with Crippen LogP contribution in [0.5, 0.6) is 5.88 Å². The first-order chi connectivity index (χ1) is 14.0. The molecule has 30 heavy (non-hydrogen) atoms. The fraction of sp³-hybridized carbons (Fsp3) is 0.286. The number of hydrogen-bond donors (Lipinski definition) is 0. The zero-order chi connectivity index (χ0) is 22.1. The summed E-state index contributed by atoms with van der Waals surface area (Å²) in [5, 5.41) is 0. The van der Waals surface area contributed by atoms with Gasteiger partial charge in [0.15, 0.2) is 15.5 Å². The molecule has 0 saturated carbocycles. The van der Waals surface area contributed by atoms with Gasteiger partial charge in [-0.3, -0.25) is 0 Å². The van der Waals surface area contributed by atoms with Gasteiger partial charge in [-0.15, -0.1) is 0 Å². The molecule has 9 heteroatoms. The number of alkyl halides is 3. The van der Waals surface area contributed by atoms with Crippen LogP contribution in [-0.4, -0.2) is 26.3 Å². The number of halogens is 4. The molecule has 0 unspecified atom stereocenters. The van der Waals surface area contributed by atoms with Crippen molar-refractivity contribution in [2.45, 2.75) is 30.8 Å². The zero-order valence-corrected chi connectivity index (χ0v) is 17.1. The average Bonchev–Trinajstić information content (AvgIpc) is 2.67. The first-order valence-electron chi connectivity index (χ1n) is 9.12. The Labute approximate surface area is 171 Å². The first-order valence-corrected chi connectivity index (χ1v) is 11.0. The third kappa shape index (κ3) is 4.72. The summed E-state index contributed by atoms with van der Waals surface area (Å²) in [6, 6.07) is 6.92. The minimum absolute atomic E-state index is 0.0111. The Kier molecular flexibility index (Phi) is 6.03. The number of nitrogens with zero attached hydrogens (tertiary/aromatic N) is 1. The molecule has 2 aromatic rings. The number of hydrogen-bond acceptors (Lipinski definition) is 4. The van der Waals surface area contributed by atoms with E-state index in [0.29, 0.717) is 11.1 Å². The van der Waals surface area contributed by atoms with E-state index in [1.165, 1.54) is 36.4 Å². The van der Waals surface area contributed by atoms with Crippen molar-refractivity contribution >= 4 is 15.4 Å². The van der Waals surface area contributed by atoms with Gasteiger partial charge >= 0.3 is 6.18 Å². The van der Waals surface area contributed by atoms with Gasteiger partial charge in [0.25, 0.3) is 0 Å². The fourth-order valence-electron chi connectivity index (χ4n) is 3.20. The van der Waals surface area contributed by atoms with Crippen LogP contribution in [0.3, 0.4) is 0 Å². The maximum Gasteiger partial charge on any atom is 0.434 e. The van der Waals surface area contributed by atoms with Gasteiger partial charge in [-0.05, 0) is 48.3 Å². The molecule has 1 aliphatic rings. The molecule has 3 rings (SSSR count). The molecular formula is C21H19F4NO3S. The van der Waals surface area contributed by atoms with Gasteiger partial charge < -0.3 is 4.74 Å². The van der Waals surface area contributed by atoms with Gasteiger partial charge in [0.2, 0.25) is 5.88 Å². The van der Waals surface area contributed by atoms with Crippen molar-refractivity contribution < 1.29 is 30.7 Å². The molecule has 1 aliphatic carbocycles. The highest BCUT2D eigenvalue weighted by Crippen LogP contribution is 2.43. The quantitative estimate of drug-likeness (QED) is 0.567. The van der Waals surface area contributed by atoms with E-state index < -0.39 is 27.5 Å². The number of ether oxygens (including phenoxy) is 1. The monoisotopic (exact) mass is 441 g/mol. The Hall–Kier alpha value is -2.68. The van der Waals surface area contributed by atoms with E-state index in [0.717, 1.165) is 12.3 Å². The van der Waals surface area contributed by atoms with Crippen molar-refractivity contribution in [1.82, 2.24) is 4.98 Å². The lowest BCUT2D eigenvalue weighted by atomic mass is 9.89. The largest absolute Gasteiger partial charge is 0.478 e. The van der Waals surface area contributed by atoms with Gasteiger partial charge in [0.1, 0.15) is 5.83 Å². The van der Waals surface area contributed by atoms with Crippen LogP contribution in [0.4, 0.5) is 17.6 Å². The summed E-state index contributed by atoms with van der Waals surface area (Å²) in [5.74, 6) is -0.612. The molecule has 0 fully saturated rings. The lowest BCUT2D eigenvalue weighted by Gasteiger charge is -2.21. The van der Waals surface area contributed by atoms with Crippen molar-refractivity contribution in [1.29, 1.82) is 0 Å². The molecule has 0 bridgehead atoms. The summed E-state index contributed by atoms with van der Waals surface area (Å²) in [5.41, 5.74) is -0.453. The number of allylic oxidation sites excluding steroid dienone is 4. The molecule has 0 spiro atoms. The highest BCUT2D eigenvalue weighted by molar-refractivity contribution is 7.90. The Morgan fingerprint density at radius 3 is 2.27 bits per heavy atom. The van der Waals surface area contributed by atoms with Gasteiger partial charge in [0, 0.05) is 24.3 Å². The molecule has 160 valence electrons. The molecule has 0 amide bonds. The fourth-order valence-corrected chi connectivity index (χ4v) is 3.83. The Balaban J connectivity index is 2.30. The van der Waals surface area contributed by atoms with Crippen LogP contribution in [-0.2, 0) is 16.0 Å². The number of aromatic nitrogens is 1. The summed E-state index contributed by atoms with van der Waals surface area (Å²) < 4.78 is 83.8. The first kappa shape index (κ1) is 22.0. The van der Waals surface area contributed by atoms with E-state index in [-0.39, 0.29) is 41.4 Å². The minimum atomic E-state index is -4.77. The zero-order valence-electron chi connectivity index (χ0n) is 16.3. The van der Waals surface area contributed by atoms with Crippen LogP contribution < -0.4 is 4.74 Å². The topological polar surface area (TPSA) is 56.3 Å². The van der Waals surface area contributed by atoms with E-state index in [4.69, 9.17) is 4.74 Å². The second kappa shape index (κ2) is 8.22. The summed E-state index contributed by atoms with van der Waals surface area (Å²) >= 11 is 0. The van der Waals surface area contributed by atoms with Gasteiger partial charge in [-0.25, -0.2) is 17.8 Å². The number of rotatable bonds is 5. The minimum Gasteiger partial charge on any atom is -0.478 e. The van der Waals surface area contributed by atoms with Crippen LogP contribution in [0.25, 0.3) is 16.7 Å². The molecule has 1 heterocycles. The summed E-state index contributed by atoms with van der Waals surface area (Å²) in [4.78, 5) is 3.72. The summed E-state index contributed by atoms with van der Waals surface area (Å²) in [7, 11) is -3.46. The molecule has 0 radical (unpaired) electrons. The van der Waals surface area contributed by atoms with E-state index in [1.54, 1.807) is 6.92 Å².